The summed E-state index contributed by atoms with van der Waals surface area (Å²) in [4.78, 5) is 13.3. The number of halogens is 1. The first-order valence-electron chi connectivity index (χ1n) is 7.41. The van der Waals surface area contributed by atoms with Crippen LogP contribution in [-0.2, 0) is 6.61 Å². The van der Waals surface area contributed by atoms with Gasteiger partial charge in [-0.2, -0.15) is 0 Å². The largest absolute Gasteiger partial charge is 0.489 e. The summed E-state index contributed by atoms with van der Waals surface area (Å²) in [6, 6.07) is 17.2. The van der Waals surface area contributed by atoms with Gasteiger partial charge in [0, 0.05) is 14.8 Å². The van der Waals surface area contributed by atoms with Crippen molar-refractivity contribution >= 4 is 28.8 Å². The number of carbonyl (C=O) groups is 1. The van der Waals surface area contributed by atoms with Gasteiger partial charge in [-0.1, -0.05) is 23.7 Å². The van der Waals surface area contributed by atoms with Crippen LogP contribution in [0.25, 0.3) is 10.4 Å². The lowest BCUT2D eigenvalue weighted by molar-refractivity contribution is 0.1000. The Balaban J connectivity index is 1.70. The zero-order valence-corrected chi connectivity index (χ0v) is 14.7. The van der Waals surface area contributed by atoms with Crippen molar-refractivity contribution in [3.8, 4) is 16.2 Å². The minimum atomic E-state index is -0.391. The molecule has 3 aromatic rings. The predicted molar refractivity (Wildman–Crippen MR) is 98.8 cm³/mol. The van der Waals surface area contributed by atoms with Gasteiger partial charge in [0.05, 0.1) is 5.56 Å². The van der Waals surface area contributed by atoms with Crippen molar-refractivity contribution in [1.29, 1.82) is 0 Å². The van der Waals surface area contributed by atoms with Gasteiger partial charge in [-0.3, -0.25) is 4.79 Å². The van der Waals surface area contributed by atoms with Gasteiger partial charge in [0.15, 0.2) is 0 Å². The quantitative estimate of drug-likeness (QED) is 0.694. The van der Waals surface area contributed by atoms with E-state index in [0.717, 1.165) is 26.6 Å². The van der Waals surface area contributed by atoms with Crippen LogP contribution in [-0.4, -0.2) is 5.91 Å². The Morgan fingerprint density at radius 2 is 1.79 bits per heavy atom. The fourth-order valence-corrected chi connectivity index (χ4v) is 3.49. The molecule has 3 nitrogen and oxygen atoms in total. The van der Waals surface area contributed by atoms with Crippen LogP contribution in [0.15, 0.2) is 54.6 Å². The molecule has 24 heavy (non-hydrogen) atoms. The molecule has 5 heteroatoms. The first-order valence-corrected chi connectivity index (χ1v) is 8.60. The molecule has 122 valence electrons. The van der Waals surface area contributed by atoms with E-state index in [4.69, 9.17) is 22.1 Å². The molecule has 2 N–H and O–H groups in total. The smallest absolute Gasteiger partial charge is 0.249 e. The summed E-state index contributed by atoms with van der Waals surface area (Å²) >= 11 is 7.43. The maximum Gasteiger partial charge on any atom is 0.249 e. The van der Waals surface area contributed by atoms with E-state index in [2.05, 4.69) is 0 Å². The third kappa shape index (κ3) is 3.78. The Hall–Kier alpha value is -2.30. The Kier molecular flexibility index (Phi) is 4.88. The molecular weight excluding hydrogens is 342 g/mol. The number of hydrogen-bond donors (Lipinski definition) is 1. The number of hydrogen-bond acceptors (Lipinski definition) is 3. The Morgan fingerprint density at radius 3 is 2.38 bits per heavy atom. The van der Waals surface area contributed by atoms with E-state index in [1.807, 2.05) is 61.5 Å². The van der Waals surface area contributed by atoms with E-state index >= 15 is 0 Å². The summed E-state index contributed by atoms with van der Waals surface area (Å²) in [5, 5.41) is 0.713. The van der Waals surface area contributed by atoms with Crippen LogP contribution in [0.2, 0.25) is 5.02 Å². The summed E-state index contributed by atoms with van der Waals surface area (Å²) in [5.41, 5.74) is 8.05. The third-order valence-corrected chi connectivity index (χ3v) is 4.99. The van der Waals surface area contributed by atoms with Crippen molar-refractivity contribution in [3.05, 3.63) is 75.6 Å². The van der Waals surface area contributed by atoms with E-state index in [0.29, 0.717) is 17.2 Å². The molecule has 0 aliphatic rings. The SMILES string of the molecule is Cc1sc(-c2ccc(OCc3ccc(Cl)cc3)cc2)cc1C(N)=O. The van der Waals surface area contributed by atoms with Gasteiger partial charge in [0.2, 0.25) is 5.91 Å². The van der Waals surface area contributed by atoms with Gasteiger partial charge >= 0.3 is 0 Å². The van der Waals surface area contributed by atoms with Crippen LogP contribution in [0.1, 0.15) is 20.8 Å². The zero-order chi connectivity index (χ0) is 17.1. The molecule has 0 radical (unpaired) electrons. The van der Waals surface area contributed by atoms with Crippen LogP contribution in [0, 0.1) is 6.92 Å². The fraction of sp³-hybridized carbons (Fsp3) is 0.105. The van der Waals surface area contributed by atoms with Crippen molar-refractivity contribution in [2.45, 2.75) is 13.5 Å². The summed E-state index contributed by atoms with van der Waals surface area (Å²) in [5.74, 6) is 0.398. The number of aryl methyl sites for hydroxylation is 1. The van der Waals surface area contributed by atoms with E-state index in [-0.39, 0.29) is 0 Å². The number of thiophene rings is 1. The lowest BCUT2D eigenvalue weighted by atomic mass is 10.1. The second kappa shape index (κ2) is 7.07. The number of benzene rings is 2. The number of nitrogens with two attached hydrogens (primary N) is 1. The first kappa shape index (κ1) is 16.6. The van der Waals surface area contributed by atoms with E-state index in [9.17, 15) is 4.79 Å². The molecule has 0 bridgehead atoms. The van der Waals surface area contributed by atoms with Gasteiger partial charge in [-0.15, -0.1) is 11.3 Å². The third-order valence-electron chi connectivity index (χ3n) is 3.64. The van der Waals surface area contributed by atoms with Gasteiger partial charge < -0.3 is 10.5 Å². The highest BCUT2D eigenvalue weighted by Crippen LogP contribution is 2.32. The van der Waals surface area contributed by atoms with Crippen molar-refractivity contribution in [2.24, 2.45) is 5.73 Å². The predicted octanol–water partition coefficient (Wildman–Crippen LogP) is 5.05. The zero-order valence-electron chi connectivity index (χ0n) is 13.1. The molecule has 1 aromatic heterocycles. The molecule has 0 unspecified atom stereocenters. The Bertz CT molecular complexity index is 854. The average Bonchev–Trinajstić information content (AvgIpc) is 2.97. The standard InChI is InChI=1S/C19H16ClNO2S/c1-12-17(19(21)22)10-18(24-12)14-4-8-16(9-5-14)23-11-13-2-6-15(20)7-3-13/h2-10H,11H2,1H3,(H2,21,22). The number of amides is 1. The minimum Gasteiger partial charge on any atom is -0.489 e. The maximum absolute atomic E-state index is 11.4. The van der Waals surface area contributed by atoms with E-state index < -0.39 is 5.91 Å². The maximum atomic E-state index is 11.4. The number of primary amides is 1. The number of ether oxygens (including phenoxy) is 1. The Morgan fingerprint density at radius 1 is 1.12 bits per heavy atom. The molecule has 1 amide bonds. The van der Waals surface area contributed by atoms with Crippen LogP contribution < -0.4 is 10.5 Å². The van der Waals surface area contributed by atoms with Crippen molar-refractivity contribution in [3.63, 3.8) is 0 Å². The highest BCUT2D eigenvalue weighted by molar-refractivity contribution is 7.15. The molecule has 0 aliphatic heterocycles. The molecule has 0 spiro atoms. The average molecular weight is 358 g/mol. The molecule has 0 atom stereocenters. The lowest BCUT2D eigenvalue weighted by Gasteiger charge is -2.07. The molecule has 1 heterocycles. The van der Waals surface area contributed by atoms with E-state index in [1.165, 1.54) is 0 Å². The molecule has 2 aromatic carbocycles. The van der Waals surface area contributed by atoms with E-state index in [1.54, 1.807) is 11.3 Å². The summed E-state index contributed by atoms with van der Waals surface area (Å²) in [7, 11) is 0. The van der Waals surface area contributed by atoms with Crippen molar-refractivity contribution in [2.75, 3.05) is 0 Å². The summed E-state index contributed by atoms with van der Waals surface area (Å²) < 4.78 is 5.78. The molecule has 0 fully saturated rings. The second-order valence-electron chi connectivity index (χ2n) is 5.38. The van der Waals surface area contributed by atoms with Crippen LogP contribution in [0.3, 0.4) is 0 Å². The topological polar surface area (TPSA) is 52.3 Å². The van der Waals surface area contributed by atoms with Crippen molar-refractivity contribution in [1.82, 2.24) is 0 Å². The van der Waals surface area contributed by atoms with Crippen molar-refractivity contribution < 1.29 is 9.53 Å². The Labute approximate surface area is 149 Å². The molecule has 0 aliphatic carbocycles. The van der Waals surface area contributed by atoms with Gasteiger partial charge in [-0.25, -0.2) is 0 Å². The highest BCUT2D eigenvalue weighted by Gasteiger charge is 2.11. The minimum absolute atomic E-state index is 0.391. The molecule has 0 saturated heterocycles. The fourth-order valence-electron chi connectivity index (χ4n) is 2.33. The number of carbonyl (C=O) groups excluding carboxylic acids is 1. The normalized spacial score (nSPS) is 10.6. The summed E-state index contributed by atoms with van der Waals surface area (Å²) in [6.45, 7) is 2.39. The highest BCUT2D eigenvalue weighted by atomic mass is 35.5. The van der Waals surface area contributed by atoms with Gasteiger partial charge in [-0.05, 0) is 60.5 Å². The molecular formula is C19H16ClNO2S. The van der Waals surface area contributed by atoms with Crippen LogP contribution >= 0.6 is 22.9 Å². The van der Waals surface area contributed by atoms with Gasteiger partial charge in [0.1, 0.15) is 12.4 Å². The summed E-state index contributed by atoms with van der Waals surface area (Å²) in [6.07, 6.45) is 0. The molecule has 3 rings (SSSR count). The van der Waals surface area contributed by atoms with Gasteiger partial charge in [0.25, 0.3) is 0 Å². The van der Waals surface area contributed by atoms with Crippen LogP contribution in [0.5, 0.6) is 5.75 Å². The number of rotatable bonds is 5. The van der Waals surface area contributed by atoms with Crippen LogP contribution in [0.4, 0.5) is 0 Å². The second-order valence-corrected chi connectivity index (χ2v) is 7.08. The monoisotopic (exact) mass is 357 g/mol. The lowest BCUT2D eigenvalue weighted by Crippen LogP contribution is -2.10. The first-order chi connectivity index (χ1) is 11.5. The molecule has 0 saturated carbocycles.